The molecule has 0 bridgehead atoms. The van der Waals surface area contributed by atoms with E-state index < -0.39 is 5.91 Å². The Bertz CT molecular complexity index is 178. The average molecular weight is 172 g/mol. The molecule has 0 aliphatic heterocycles. The van der Waals surface area contributed by atoms with Gasteiger partial charge >= 0.3 is 0 Å². The van der Waals surface area contributed by atoms with E-state index in [4.69, 9.17) is 5.73 Å². The van der Waals surface area contributed by atoms with Gasteiger partial charge in [0.25, 0.3) is 0 Å². The molecule has 0 saturated carbocycles. The fourth-order valence-electron chi connectivity index (χ4n) is 0.760. The Morgan fingerprint density at radius 2 is 1.83 bits per heavy atom. The largest absolute Gasteiger partial charge is 0.369 e. The number of nitrogens with two attached hydrogens (primary N) is 1. The fourth-order valence-corrected chi connectivity index (χ4v) is 0.760. The van der Waals surface area contributed by atoms with Crippen molar-refractivity contribution in [2.75, 3.05) is 0 Å². The first-order chi connectivity index (χ1) is 5.43. The Hall–Kier alpha value is -1.06. The van der Waals surface area contributed by atoms with E-state index in [1.54, 1.807) is 6.92 Å². The van der Waals surface area contributed by atoms with Crippen molar-refractivity contribution in [3.05, 3.63) is 0 Å². The molecule has 0 fully saturated rings. The molecule has 4 heteroatoms. The first-order valence-electron chi connectivity index (χ1n) is 4.02. The molecule has 0 radical (unpaired) electrons. The number of hydrogen-bond donors (Lipinski definition) is 2. The molecule has 3 N–H and O–H groups in total. The topological polar surface area (TPSA) is 72.2 Å². The highest BCUT2D eigenvalue weighted by Gasteiger charge is 2.13. The van der Waals surface area contributed by atoms with Gasteiger partial charge in [0.05, 0.1) is 0 Å². The van der Waals surface area contributed by atoms with Crippen LogP contribution >= 0.6 is 0 Å². The monoisotopic (exact) mass is 172 g/mol. The van der Waals surface area contributed by atoms with Gasteiger partial charge in [-0.1, -0.05) is 6.92 Å². The van der Waals surface area contributed by atoms with Crippen LogP contribution in [0.2, 0.25) is 0 Å². The Morgan fingerprint density at radius 3 is 2.17 bits per heavy atom. The minimum absolute atomic E-state index is 0.109. The molecule has 12 heavy (non-hydrogen) atoms. The third-order valence-electron chi connectivity index (χ3n) is 1.43. The van der Waals surface area contributed by atoms with Crippen molar-refractivity contribution in [2.45, 2.75) is 33.2 Å². The molecule has 0 aromatic rings. The molecule has 70 valence electrons. The lowest BCUT2D eigenvalue weighted by atomic mass is 10.1. The molecule has 0 rings (SSSR count). The molecule has 2 amide bonds. The standard InChI is InChI=1S/C8H16N2O2/c1-5(2)10-7(11)4-6(3)8(9)12/h5-6H,4H2,1-3H3,(H2,9,12)(H,10,11). The van der Waals surface area contributed by atoms with Crippen LogP contribution in [0.3, 0.4) is 0 Å². The van der Waals surface area contributed by atoms with Gasteiger partial charge in [0.1, 0.15) is 0 Å². The second kappa shape index (κ2) is 4.74. The molecule has 0 saturated heterocycles. The van der Waals surface area contributed by atoms with E-state index in [0.29, 0.717) is 0 Å². The summed E-state index contributed by atoms with van der Waals surface area (Å²) < 4.78 is 0. The molecular formula is C8H16N2O2. The van der Waals surface area contributed by atoms with E-state index in [2.05, 4.69) is 5.32 Å². The summed E-state index contributed by atoms with van der Waals surface area (Å²) in [5, 5.41) is 2.68. The number of primary amides is 1. The SMILES string of the molecule is CC(C)NC(=O)CC(C)C(N)=O. The first kappa shape index (κ1) is 10.9. The predicted octanol–water partition coefficient (Wildman–Crippen LogP) is 0.0225. The van der Waals surface area contributed by atoms with E-state index >= 15 is 0 Å². The van der Waals surface area contributed by atoms with Gasteiger partial charge in [0.2, 0.25) is 11.8 Å². The highest BCUT2D eigenvalue weighted by molar-refractivity contribution is 5.84. The lowest BCUT2D eigenvalue weighted by molar-refractivity contribution is -0.128. The maximum Gasteiger partial charge on any atom is 0.220 e. The fraction of sp³-hybridized carbons (Fsp3) is 0.750. The van der Waals surface area contributed by atoms with Crippen LogP contribution in [0, 0.1) is 5.92 Å². The summed E-state index contributed by atoms with van der Waals surface area (Å²) >= 11 is 0. The Kier molecular flexibility index (Phi) is 4.33. The molecule has 0 spiro atoms. The number of nitrogens with one attached hydrogen (secondary N) is 1. The van der Waals surface area contributed by atoms with Gasteiger partial charge in [0, 0.05) is 18.4 Å². The van der Waals surface area contributed by atoms with Crippen molar-refractivity contribution in [2.24, 2.45) is 11.7 Å². The summed E-state index contributed by atoms with van der Waals surface area (Å²) in [5.41, 5.74) is 5.00. The zero-order chi connectivity index (χ0) is 9.72. The van der Waals surface area contributed by atoms with Crippen molar-refractivity contribution in [1.82, 2.24) is 5.32 Å². The van der Waals surface area contributed by atoms with Gasteiger partial charge in [-0.15, -0.1) is 0 Å². The Labute approximate surface area is 72.5 Å². The van der Waals surface area contributed by atoms with Crippen molar-refractivity contribution in [1.29, 1.82) is 0 Å². The number of rotatable bonds is 4. The molecule has 0 aliphatic rings. The van der Waals surface area contributed by atoms with E-state index in [9.17, 15) is 9.59 Å². The summed E-state index contributed by atoms with van der Waals surface area (Å²) in [7, 11) is 0. The predicted molar refractivity (Wildman–Crippen MR) is 46.3 cm³/mol. The molecule has 0 aromatic carbocycles. The van der Waals surface area contributed by atoms with E-state index in [0.717, 1.165) is 0 Å². The van der Waals surface area contributed by atoms with E-state index in [1.807, 2.05) is 13.8 Å². The summed E-state index contributed by atoms with van der Waals surface area (Å²) in [4.78, 5) is 21.6. The van der Waals surface area contributed by atoms with Crippen molar-refractivity contribution < 1.29 is 9.59 Å². The summed E-state index contributed by atoms with van der Waals surface area (Å²) in [6.45, 7) is 5.38. The van der Waals surface area contributed by atoms with Crippen LogP contribution in [0.25, 0.3) is 0 Å². The van der Waals surface area contributed by atoms with Crippen LogP contribution in [-0.2, 0) is 9.59 Å². The molecule has 1 unspecified atom stereocenters. The highest BCUT2D eigenvalue weighted by atomic mass is 16.2. The zero-order valence-electron chi connectivity index (χ0n) is 7.76. The number of amides is 2. The van der Waals surface area contributed by atoms with Crippen LogP contribution in [0.1, 0.15) is 27.2 Å². The maximum absolute atomic E-state index is 11.0. The van der Waals surface area contributed by atoms with Gasteiger partial charge in [-0.05, 0) is 13.8 Å². The minimum atomic E-state index is -0.436. The zero-order valence-corrected chi connectivity index (χ0v) is 7.76. The third-order valence-corrected chi connectivity index (χ3v) is 1.43. The first-order valence-corrected chi connectivity index (χ1v) is 4.02. The molecular weight excluding hydrogens is 156 g/mol. The maximum atomic E-state index is 11.0. The van der Waals surface area contributed by atoms with Crippen molar-refractivity contribution >= 4 is 11.8 Å². The molecule has 4 nitrogen and oxygen atoms in total. The summed E-state index contributed by atoms with van der Waals surface area (Å²) in [5.74, 6) is -0.950. The minimum Gasteiger partial charge on any atom is -0.369 e. The smallest absolute Gasteiger partial charge is 0.220 e. The lowest BCUT2D eigenvalue weighted by Crippen LogP contribution is -2.33. The van der Waals surface area contributed by atoms with Crippen molar-refractivity contribution in [3.8, 4) is 0 Å². The van der Waals surface area contributed by atoms with Crippen LogP contribution in [0.4, 0.5) is 0 Å². The van der Waals surface area contributed by atoms with Gasteiger partial charge < -0.3 is 11.1 Å². The van der Waals surface area contributed by atoms with E-state index in [-0.39, 0.29) is 24.3 Å². The normalized spacial score (nSPS) is 12.7. The third kappa shape index (κ3) is 4.71. The van der Waals surface area contributed by atoms with Crippen LogP contribution < -0.4 is 11.1 Å². The quantitative estimate of drug-likeness (QED) is 0.627. The average Bonchev–Trinajstić information content (AvgIpc) is 1.84. The number of hydrogen-bond acceptors (Lipinski definition) is 2. The molecule has 1 atom stereocenters. The summed E-state index contributed by atoms with van der Waals surface area (Å²) in [6.07, 6.45) is 0.174. The lowest BCUT2D eigenvalue weighted by Gasteiger charge is -2.10. The van der Waals surface area contributed by atoms with Gasteiger partial charge in [0.15, 0.2) is 0 Å². The number of carbonyl (C=O) groups excluding carboxylic acids is 2. The molecule has 0 aromatic heterocycles. The van der Waals surface area contributed by atoms with Gasteiger partial charge in [-0.2, -0.15) is 0 Å². The van der Waals surface area contributed by atoms with Gasteiger partial charge in [-0.25, -0.2) is 0 Å². The highest BCUT2D eigenvalue weighted by Crippen LogP contribution is 1.99. The van der Waals surface area contributed by atoms with Crippen LogP contribution in [0.5, 0.6) is 0 Å². The Morgan fingerprint density at radius 1 is 1.33 bits per heavy atom. The van der Waals surface area contributed by atoms with Crippen LogP contribution in [-0.4, -0.2) is 17.9 Å². The second-order valence-corrected chi connectivity index (χ2v) is 3.23. The second-order valence-electron chi connectivity index (χ2n) is 3.23. The number of carbonyl (C=O) groups is 2. The van der Waals surface area contributed by atoms with Gasteiger partial charge in [-0.3, -0.25) is 9.59 Å². The Balaban J connectivity index is 3.77. The summed E-state index contributed by atoms with van der Waals surface area (Å²) in [6, 6.07) is 0.109. The van der Waals surface area contributed by atoms with Crippen LogP contribution in [0.15, 0.2) is 0 Å². The van der Waals surface area contributed by atoms with E-state index in [1.165, 1.54) is 0 Å². The van der Waals surface area contributed by atoms with Crippen molar-refractivity contribution in [3.63, 3.8) is 0 Å². The molecule has 0 aliphatic carbocycles. The molecule has 0 heterocycles.